The maximum absolute atomic E-state index is 12.0. The van der Waals surface area contributed by atoms with Gasteiger partial charge < -0.3 is 10.6 Å². The highest BCUT2D eigenvalue weighted by atomic mass is 79.9. The van der Waals surface area contributed by atoms with Crippen LogP contribution in [0.15, 0.2) is 40.4 Å². The van der Waals surface area contributed by atoms with Gasteiger partial charge in [-0.1, -0.05) is 15.9 Å². The molecule has 0 aliphatic heterocycles. The van der Waals surface area contributed by atoms with Crippen LogP contribution in [0.4, 0.5) is 11.5 Å². The molecule has 112 valence electrons. The molecule has 3 rings (SSSR count). The molecule has 0 saturated carbocycles. The molecular weight excluding hydrogens is 364 g/mol. The number of hydrogen-bond acceptors (Lipinski definition) is 5. The van der Waals surface area contributed by atoms with E-state index < -0.39 is 0 Å². The van der Waals surface area contributed by atoms with Crippen molar-refractivity contribution < 1.29 is 4.79 Å². The minimum absolute atomic E-state index is 0.120. The number of amides is 1. The Morgan fingerprint density at radius 2 is 2.18 bits per heavy atom. The second kappa shape index (κ2) is 6.41. The van der Waals surface area contributed by atoms with E-state index in [2.05, 4.69) is 36.5 Å². The average molecular weight is 377 g/mol. The van der Waals surface area contributed by atoms with Crippen LogP contribution in [-0.4, -0.2) is 22.4 Å². The summed E-state index contributed by atoms with van der Waals surface area (Å²) in [5, 5.41) is 7.87. The molecule has 0 unspecified atom stereocenters. The van der Waals surface area contributed by atoms with E-state index in [1.165, 1.54) is 6.33 Å². The van der Waals surface area contributed by atoms with E-state index in [4.69, 9.17) is 0 Å². The van der Waals surface area contributed by atoms with E-state index in [1.54, 1.807) is 11.3 Å². The first-order valence-electron chi connectivity index (χ1n) is 6.61. The van der Waals surface area contributed by atoms with E-state index >= 15 is 0 Å². The van der Waals surface area contributed by atoms with Gasteiger partial charge in [0.1, 0.15) is 12.1 Å². The van der Waals surface area contributed by atoms with Gasteiger partial charge in [0, 0.05) is 10.2 Å². The van der Waals surface area contributed by atoms with E-state index in [0.717, 1.165) is 25.9 Å². The zero-order chi connectivity index (χ0) is 15.5. The summed E-state index contributed by atoms with van der Waals surface area (Å²) in [6, 6.07) is 7.62. The molecule has 1 amide bonds. The van der Waals surface area contributed by atoms with Crippen molar-refractivity contribution in [3.8, 4) is 0 Å². The topological polar surface area (TPSA) is 66.9 Å². The minimum atomic E-state index is -0.120. The van der Waals surface area contributed by atoms with E-state index in [9.17, 15) is 4.79 Å². The van der Waals surface area contributed by atoms with Crippen LogP contribution in [0.2, 0.25) is 0 Å². The van der Waals surface area contributed by atoms with Gasteiger partial charge in [-0.15, -0.1) is 11.3 Å². The highest BCUT2D eigenvalue weighted by molar-refractivity contribution is 9.10. The standard InChI is InChI=1S/C15H13BrN4OS/c1-9-6-10(2-3-11(9)16)20-13(21)7-17-15-14-12(4-5-22-14)18-8-19-15/h2-6,8H,7H2,1H3,(H,20,21)(H,17,18,19). The number of carbonyl (C=O) groups excluding carboxylic acids is 1. The predicted octanol–water partition coefficient (Wildman–Crippen LogP) is 3.81. The average Bonchev–Trinajstić information content (AvgIpc) is 2.98. The Morgan fingerprint density at radius 1 is 1.32 bits per heavy atom. The van der Waals surface area contributed by atoms with Gasteiger partial charge >= 0.3 is 0 Å². The second-order valence-corrected chi connectivity index (χ2v) is 6.49. The molecule has 1 aromatic carbocycles. The fourth-order valence-corrected chi connectivity index (χ4v) is 3.06. The number of hydrogen-bond donors (Lipinski definition) is 2. The molecule has 2 N–H and O–H groups in total. The monoisotopic (exact) mass is 376 g/mol. The summed E-state index contributed by atoms with van der Waals surface area (Å²) in [6.07, 6.45) is 1.49. The first-order chi connectivity index (χ1) is 10.6. The molecule has 2 aromatic heterocycles. The van der Waals surface area contributed by atoms with E-state index in [0.29, 0.717) is 5.82 Å². The lowest BCUT2D eigenvalue weighted by Crippen LogP contribution is -2.22. The summed E-state index contributed by atoms with van der Waals surface area (Å²) in [4.78, 5) is 20.4. The number of benzene rings is 1. The normalized spacial score (nSPS) is 10.6. The van der Waals surface area contributed by atoms with Crippen molar-refractivity contribution in [2.24, 2.45) is 0 Å². The highest BCUT2D eigenvalue weighted by Crippen LogP contribution is 2.24. The lowest BCUT2D eigenvalue weighted by molar-refractivity contribution is -0.114. The summed E-state index contributed by atoms with van der Waals surface area (Å²) in [7, 11) is 0. The third-order valence-corrected chi connectivity index (χ3v) is 4.90. The number of carbonyl (C=O) groups is 1. The molecule has 7 heteroatoms. The molecule has 5 nitrogen and oxygen atoms in total. The number of anilines is 2. The fraction of sp³-hybridized carbons (Fsp3) is 0.133. The summed E-state index contributed by atoms with van der Waals surface area (Å²) in [6.45, 7) is 2.13. The molecule has 0 spiro atoms. The molecule has 0 aliphatic carbocycles. The zero-order valence-corrected chi connectivity index (χ0v) is 14.2. The Morgan fingerprint density at radius 3 is 3.00 bits per heavy atom. The smallest absolute Gasteiger partial charge is 0.243 e. The summed E-state index contributed by atoms with van der Waals surface area (Å²) in [5.41, 5.74) is 2.73. The van der Waals surface area contributed by atoms with Gasteiger partial charge in [0.2, 0.25) is 5.91 Å². The zero-order valence-electron chi connectivity index (χ0n) is 11.8. The van der Waals surface area contributed by atoms with Crippen LogP contribution >= 0.6 is 27.3 Å². The molecule has 0 bridgehead atoms. The van der Waals surface area contributed by atoms with Gasteiger partial charge in [0.15, 0.2) is 0 Å². The maximum atomic E-state index is 12.0. The minimum Gasteiger partial charge on any atom is -0.360 e. The van der Waals surface area contributed by atoms with Gasteiger partial charge in [-0.25, -0.2) is 9.97 Å². The molecule has 0 fully saturated rings. The quantitative estimate of drug-likeness (QED) is 0.726. The molecule has 0 atom stereocenters. The van der Waals surface area contributed by atoms with Crippen molar-refractivity contribution in [3.63, 3.8) is 0 Å². The Kier molecular flexibility index (Phi) is 4.35. The second-order valence-electron chi connectivity index (χ2n) is 4.72. The van der Waals surface area contributed by atoms with Crippen molar-refractivity contribution in [3.05, 3.63) is 46.0 Å². The van der Waals surface area contributed by atoms with Crippen molar-refractivity contribution in [1.29, 1.82) is 0 Å². The third kappa shape index (κ3) is 3.26. The lowest BCUT2D eigenvalue weighted by atomic mass is 10.2. The first-order valence-corrected chi connectivity index (χ1v) is 8.29. The van der Waals surface area contributed by atoms with Crippen LogP contribution in [0.25, 0.3) is 10.2 Å². The summed E-state index contributed by atoms with van der Waals surface area (Å²) < 4.78 is 1.97. The predicted molar refractivity (Wildman–Crippen MR) is 93.4 cm³/mol. The Hall–Kier alpha value is -1.99. The van der Waals surface area contributed by atoms with Gasteiger partial charge in [-0.3, -0.25) is 4.79 Å². The van der Waals surface area contributed by atoms with Gasteiger partial charge in [-0.2, -0.15) is 0 Å². The van der Waals surface area contributed by atoms with Crippen LogP contribution in [0.3, 0.4) is 0 Å². The van der Waals surface area contributed by atoms with Gasteiger partial charge in [0.05, 0.1) is 16.8 Å². The highest BCUT2D eigenvalue weighted by Gasteiger charge is 2.07. The molecule has 3 aromatic rings. The largest absolute Gasteiger partial charge is 0.360 e. The van der Waals surface area contributed by atoms with E-state index in [1.807, 2.05) is 36.6 Å². The maximum Gasteiger partial charge on any atom is 0.243 e. The number of thiophene rings is 1. The third-order valence-electron chi connectivity index (χ3n) is 3.10. The SMILES string of the molecule is Cc1cc(NC(=O)CNc2ncnc3ccsc23)ccc1Br. The van der Waals surface area contributed by atoms with Crippen molar-refractivity contribution in [2.45, 2.75) is 6.92 Å². The van der Waals surface area contributed by atoms with Crippen LogP contribution in [0, 0.1) is 6.92 Å². The van der Waals surface area contributed by atoms with Crippen LogP contribution in [-0.2, 0) is 4.79 Å². The van der Waals surface area contributed by atoms with Crippen molar-refractivity contribution >= 4 is 54.9 Å². The Labute approximate surface area is 139 Å². The molecule has 0 aliphatic rings. The van der Waals surface area contributed by atoms with Crippen molar-refractivity contribution in [1.82, 2.24) is 9.97 Å². The van der Waals surface area contributed by atoms with E-state index in [-0.39, 0.29) is 12.5 Å². The number of halogens is 1. The van der Waals surface area contributed by atoms with Crippen LogP contribution in [0.1, 0.15) is 5.56 Å². The first kappa shape index (κ1) is 14.9. The molecule has 0 radical (unpaired) electrons. The number of rotatable bonds is 4. The van der Waals surface area contributed by atoms with Crippen LogP contribution in [0.5, 0.6) is 0 Å². The number of nitrogens with one attached hydrogen (secondary N) is 2. The number of aryl methyl sites for hydroxylation is 1. The number of aromatic nitrogens is 2. The summed E-state index contributed by atoms with van der Waals surface area (Å²) >= 11 is 4.99. The van der Waals surface area contributed by atoms with Crippen LogP contribution < -0.4 is 10.6 Å². The molecule has 0 saturated heterocycles. The number of fused-ring (bicyclic) bond motifs is 1. The molecule has 22 heavy (non-hydrogen) atoms. The lowest BCUT2D eigenvalue weighted by Gasteiger charge is -2.09. The van der Waals surface area contributed by atoms with Gasteiger partial charge in [0.25, 0.3) is 0 Å². The van der Waals surface area contributed by atoms with Gasteiger partial charge in [-0.05, 0) is 42.1 Å². The van der Waals surface area contributed by atoms with Crippen molar-refractivity contribution in [2.75, 3.05) is 17.2 Å². The Bertz CT molecular complexity index is 833. The molecular formula is C15H13BrN4OS. The molecule has 2 heterocycles. The Balaban J connectivity index is 1.65. The summed E-state index contributed by atoms with van der Waals surface area (Å²) in [5.74, 6) is 0.562. The number of nitrogens with zero attached hydrogens (tertiary/aromatic N) is 2. The fourth-order valence-electron chi connectivity index (χ4n) is 2.01.